The molecule has 1 atom stereocenters. The zero-order valence-electron chi connectivity index (χ0n) is 19.9. The number of aromatic nitrogens is 1. The van der Waals surface area contributed by atoms with E-state index >= 15 is 0 Å². The Labute approximate surface area is 197 Å². The van der Waals surface area contributed by atoms with Crippen LogP contribution >= 0.6 is 11.3 Å². The predicted octanol–water partition coefficient (Wildman–Crippen LogP) is 5.78. The molecule has 168 valence electrons. The van der Waals surface area contributed by atoms with Gasteiger partial charge in [0.1, 0.15) is 6.10 Å². The van der Waals surface area contributed by atoms with Gasteiger partial charge in [0.2, 0.25) is 0 Å². The van der Waals surface area contributed by atoms with Crippen LogP contribution in [0, 0.1) is 6.92 Å². The second-order valence-electron chi connectivity index (χ2n) is 9.37. The number of nitrogens with zero attached hydrogens (tertiary/aromatic N) is 1. The second-order valence-corrected chi connectivity index (χ2v) is 14.7. The van der Waals surface area contributed by atoms with Crippen LogP contribution in [0.5, 0.6) is 0 Å². The molecule has 5 heteroatoms. The first-order chi connectivity index (χ1) is 15.1. The molecular weight excluding hydrogens is 430 g/mol. The highest BCUT2D eigenvalue weighted by Gasteiger charge is 2.51. The summed E-state index contributed by atoms with van der Waals surface area (Å²) in [6.45, 7) is 12.4. The van der Waals surface area contributed by atoms with Crippen LogP contribution in [0.15, 0.2) is 71.6 Å². The van der Waals surface area contributed by atoms with E-state index in [1.165, 1.54) is 10.4 Å². The second kappa shape index (κ2) is 10.1. The maximum Gasteiger partial charge on any atom is 0.262 e. The lowest BCUT2D eigenvalue weighted by atomic mass is 10.1. The van der Waals surface area contributed by atoms with Crippen molar-refractivity contribution in [1.82, 2.24) is 4.98 Å². The zero-order chi connectivity index (χ0) is 23.4. The predicted molar refractivity (Wildman–Crippen MR) is 138 cm³/mol. The number of benzene rings is 2. The van der Waals surface area contributed by atoms with Crippen molar-refractivity contribution in [2.45, 2.75) is 59.1 Å². The fraction of sp³-hybridized carbons (Fsp3) is 0.333. The van der Waals surface area contributed by atoms with Gasteiger partial charge in [-0.3, -0.25) is 4.79 Å². The van der Waals surface area contributed by atoms with Gasteiger partial charge in [-0.2, -0.15) is 0 Å². The molecule has 2 aromatic carbocycles. The number of ketones is 1. The van der Waals surface area contributed by atoms with E-state index in [1.54, 1.807) is 18.3 Å². The number of hydrogen-bond acceptors (Lipinski definition) is 4. The van der Waals surface area contributed by atoms with Crippen molar-refractivity contribution in [2.24, 2.45) is 0 Å². The molecule has 0 spiro atoms. The summed E-state index contributed by atoms with van der Waals surface area (Å²) in [6.07, 6.45) is 2.10. The molecule has 1 unspecified atom stereocenters. The highest BCUT2D eigenvalue weighted by atomic mass is 32.1. The van der Waals surface area contributed by atoms with Crippen LogP contribution in [0.3, 0.4) is 0 Å². The number of rotatable bonds is 8. The first kappa shape index (κ1) is 24.3. The Morgan fingerprint density at radius 2 is 1.56 bits per heavy atom. The van der Waals surface area contributed by atoms with Crippen molar-refractivity contribution < 1.29 is 9.22 Å². The van der Waals surface area contributed by atoms with Gasteiger partial charge in [0.15, 0.2) is 5.78 Å². The van der Waals surface area contributed by atoms with E-state index in [1.807, 2.05) is 24.4 Å². The van der Waals surface area contributed by atoms with E-state index in [-0.39, 0.29) is 10.8 Å². The van der Waals surface area contributed by atoms with Crippen molar-refractivity contribution >= 4 is 41.9 Å². The third kappa shape index (κ3) is 5.34. The Morgan fingerprint density at radius 3 is 1.97 bits per heavy atom. The standard InChI is InChI=1S/C27H33NO2SSi/c1-20(17-23-19-31-22(3)28-23)18-26(21(2)29)30-32(27(4,5)6,24-13-9-7-10-14-24)25-15-11-8-12-16-25/h7-17,19,26H,18H2,1-6H3/b20-17+. The van der Waals surface area contributed by atoms with E-state index in [2.05, 4.69) is 87.3 Å². The summed E-state index contributed by atoms with van der Waals surface area (Å²) in [7, 11) is -2.79. The minimum absolute atomic E-state index is 0.0557. The van der Waals surface area contributed by atoms with Gasteiger partial charge in [-0.25, -0.2) is 4.98 Å². The summed E-state index contributed by atoms with van der Waals surface area (Å²) in [5, 5.41) is 5.27. The average Bonchev–Trinajstić information content (AvgIpc) is 3.15. The van der Waals surface area contributed by atoms with E-state index in [4.69, 9.17) is 4.43 Å². The summed E-state index contributed by atoms with van der Waals surface area (Å²) in [4.78, 5) is 17.4. The van der Waals surface area contributed by atoms with E-state index in [0.29, 0.717) is 6.42 Å². The largest absolute Gasteiger partial charge is 0.397 e. The Bertz CT molecular complexity index is 1030. The Hall–Kier alpha value is -2.34. The molecule has 0 saturated heterocycles. The third-order valence-corrected chi connectivity index (χ3v) is 11.6. The van der Waals surface area contributed by atoms with Crippen LogP contribution in [0.1, 0.15) is 51.7 Å². The number of carbonyl (C=O) groups excluding carboxylic acids is 1. The van der Waals surface area contributed by atoms with Gasteiger partial charge in [-0.15, -0.1) is 11.3 Å². The number of thiazole rings is 1. The van der Waals surface area contributed by atoms with Crippen molar-refractivity contribution in [3.05, 3.63) is 82.3 Å². The SMILES string of the molecule is CC(=O)C(C/C(C)=C/c1csc(C)n1)O[Si](c1ccccc1)(c1ccccc1)C(C)(C)C. The normalized spacial score (nSPS) is 13.8. The molecule has 0 aliphatic rings. The molecule has 0 N–H and O–H groups in total. The van der Waals surface area contributed by atoms with Crippen molar-refractivity contribution in [2.75, 3.05) is 0 Å². The molecule has 0 saturated carbocycles. The summed E-state index contributed by atoms with van der Waals surface area (Å²) >= 11 is 1.63. The molecule has 0 amide bonds. The van der Waals surface area contributed by atoms with Crippen LogP contribution in [0.25, 0.3) is 6.08 Å². The summed E-state index contributed by atoms with van der Waals surface area (Å²) < 4.78 is 7.08. The monoisotopic (exact) mass is 463 g/mol. The maximum atomic E-state index is 12.9. The Morgan fingerprint density at radius 1 is 1.03 bits per heavy atom. The molecule has 0 bridgehead atoms. The van der Waals surface area contributed by atoms with Gasteiger partial charge in [-0.05, 0) is 42.3 Å². The Kier molecular flexibility index (Phi) is 7.65. The lowest BCUT2D eigenvalue weighted by molar-refractivity contribution is -0.123. The number of aryl methyl sites for hydroxylation is 1. The first-order valence-electron chi connectivity index (χ1n) is 11.0. The van der Waals surface area contributed by atoms with Gasteiger partial charge < -0.3 is 4.43 Å². The quantitative estimate of drug-likeness (QED) is 0.398. The highest BCUT2D eigenvalue weighted by molar-refractivity contribution is 7.09. The van der Waals surface area contributed by atoms with Crippen molar-refractivity contribution in [3.8, 4) is 0 Å². The fourth-order valence-corrected chi connectivity index (χ4v) is 9.48. The van der Waals surface area contributed by atoms with E-state index < -0.39 is 14.4 Å². The van der Waals surface area contributed by atoms with Crippen LogP contribution in [0.4, 0.5) is 0 Å². The highest BCUT2D eigenvalue weighted by Crippen LogP contribution is 2.38. The van der Waals surface area contributed by atoms with Crippen LogP contribution < -0.4 is 10.4 Å². The third-order valence-electron chi connectivity index (χ3n) is 5.73. The molecule has 32 heavy (non-hydrogen) atoms. The Balaban J connectivity index is 2.07. The van der Waals surface area contributed by atoms with Crippen LogP contribution in [0.2, 0.25) is 5.04 Å². The van der Waals surface area contributed by atoms with E-state index in [9.17, 15) is 4.79 Å². The van der Waals surface area contributed by atoms with Gasteiger partial charge in [-0.1, -0.05) is 87.0 Å². The lowest BCUT2D eigenvalue weighted by Crippen LogP contribution is -2.68. The molecule has 0 aliphatic carbocycles. The zero-order valence-corrected chi connectivity index (χ0v) is 21.7. The van der Waals surface area contributed by atoms with Gasteiger partial charge in [0.05, 0.1) is 10.7 Å². The molecule has 0 fully saturated rings. The number of hydrogen-bond donors (Lipinski definition) is 0. The minimum Gasteiger partial charge on any atom is -0.397 e. The molecule has 3 rings (SSSR count). The number of Topliss-reactive ketones (excluding diaryl/α,β-unsaturated/α-hetero) is 1. The van der Waals surface area contributed by atoms with Crippen LogP contribution in [-0.4, -0.2) is 25.2 Å². The molecule has 3 nitrogen and oxygen atoms in total. The minimum atomic E-state index is -2.79. The fourth-order valence-electron chi connectivity index (χ4n) is 4.22. The van der Waals surface area contributed by atoms with Crippen molar-refractivity contribution in [3.63, 3.8) is 0 Å². The maximum absolute atomic E-state index is 12.9. The lowest BCUT2D eigenvalue weighted by Gasteiger charge is -2.44. The molecular formula is C27H33NO2SSi. The van der Waals surface area contributed by atoms with E-state index in [0.717, 1.165) is 16.3 Å². The topological polar surface area (TPSA) is 39.2 Å². The molecule has 1 heterocycles. The van der Waals surface area contributed by atoms with Gasteiger partial charge >= 0.3 is 0 Å². The first-order valence-corrected chi connectivity index (χ1v) is 13.8. The molecule has 0 radical (unpaired) electrons. The van der Waals surface area contributed by atoms with Crippen molar-refractivity contribution in [1.29, 1.82) is 0 Å². The number of carbonyl (C=O) groups is 1. The van der Waals surface area contributed by atoms with Gasteiger partial charge in [0.25, 0.3) is 8.32 Å². The van der Waals surface area contributed by atoms with Crippen LogP contribution in [-0.2, 0) is 9.22 Å². The average molecular weight is 464 g/mol. The molecule has 3 aromatic rings. The molecule has 0 aliphatic heterocycles. The van der Waals surface area contributed by atoms with Gasteiger partial charge in [0, 0.05) is 11.8 Å². The summed E-state index contributed by atoms with van der Waals surface area (Å²) in [6, 6.07) is 20.9. The summed E-state index contributed by atoms with van der Waals surface area (Å²) in [5.74, 6) is 0.0557. The molecule has 1 aromatic heterocycles. The smallest absolute Gasteiger partial charge is 0.262 e. The summed E-state index contributed by atoms with van der Waals surface area (Å²) in [5.41, 5.74) is 2.03.